The summed E-state index contributed by atoms with van der Waals surface area (Å²) in [5, 5.41) is 12.0. The summed E-state index contributed by atoms with van der Waals surface area (Å²) in [5.74, 6) is 0.985. The number of benzene rings is 2. The minimum Gasteiger partial charge on any atom is -0.495 e. The molecule has 168 valence electrons. The Morgan fingerprint density at radius 2 is 1.88 bits per heavy atom. The number of H-pyrrole nitrogens is 1. The van der Waals surface area contributed by atoms with Crippen LogP contribution in [-0.2, 0) is 19.6 Å². The van der Waals surface area contributed by atoms with Crippen LogP contribution in [0.5, 0.6) is 5.75 Å². The van der Waals surface area contributed by atoms with Crippen molar-refractivity contribution in [2.75, 3.05) is 25.1 Å². The van der Waals surface area contributed by atoms with Crippen LogP contribution in [0, 0.1) is 0 Å². The van der Waals surface area contributed by atoms with Gasteiger partial charge in [0.1, 0.15) is 5.75 Å². The predicted molar refractivity (Wildman–Crippen MR) is 132 cm³/mol. The lowest BCUT2D eigenvalue weighted by Crippen LogP contribution is -2.29. The number of anilines is 1. The minimum absolute atomic E-state index is 0.0888. The third-order valence-corrected chi connectivity index (χ3v) is 6.89. The van der Waals surface area contributed by atoms with Gasteiger partial charge in [-0.15, -0.1) is 0 Å². The van der Waals surface area contributed by atoms with E-state index in [1.54, 1.807) is 7.11 Å². The number of aliphatic hydroxyl groups excluding tert-OH is 1. The van der Waals surface area contributed by atoms with Gasteiger partial charge in [-0.1, -0.05) is 6.07 Å². The smallest absolute Gasteiger partial charge is 0.142 e. The molecule has 3 heterocycles. The average Bonchev–Trinajstić information content (AvgIpc) is 3.45. The molecule has 5 nitrogen and oxygen atoms in total. The van der Waals surface area contributed by atoms with E-state index >= 15 is 0 Å². The number of aliphatic hydroxyl groups is 1. The Morgan fingerprint density at radius 3 is 2.69 bits per heavy atom. The number of ether oxygens (including phenoxy) is 1. The molecule has 4 aromatic rings. The summed E-state index contributed by atoms with van der Waals surface area (Å²) < 4.78 is 8.13. The van der Waals surface area contributed by atoms with Gasteiger partial charge in [0.2, 0.25) is 0 Å². The number of hydrogen-bond acceptors (Lipinski definition) is 3. The summed E-state index contributed by atoms with van der Waals surface area (Å²) in [6.07, 6.45) is 11.5. The highest BCUT2D eigenvalue weighted by atomic mass is 16.5. The zero-order valence-corrected chi connectivity index (χ0v) is 18.9. The Hall–Kier alpha value is -2.92. The molecule has 0 radical (unpaired) electrons. The Morgan fingerprint density at radius 1 is 1.00 bits per heavy atom. The number of unbranched alkanes of at least 4 members (excludes halogenated alkanes) is 1. The molecule has 32 heavy (non-hydrogen) atoms. The Labute approximate surface area is 189 Å². The summed E-state index contributed by atoms with van der Waals surface area (Å²) in [4.78, 5) is 5.87. The van der Waals surface area contributed by atoms with Crippen LogP contribution in [0.4, 0.5) is 5.69 Å². The van der Waals surface area contributed by atoms with Crippen molar-refractivity contribution >= 4 is 27.5 Å². The summed E-state index contributed by atoms with van der Waals surface area (Å²) >= 11 is 0. The van der Waals surface area contributed by atoms with E-state index < -0.39 is 0 Å². The van der Waals surface area contributed by atoms with Gasteiger partial charge < -0.3 is 24.3 Å². The highest BCUT2D eigenvalue weighted by Crippen LogP contribution is 2.38. The molecule has 0 bridgehead atoms. The van der Waals surface area contributed by atoms with E-state index in [0.29, 0.717) is 0 Å². The molecular weight excluding hydrogens is 398 g/mol. The summed E-state index contributed by atoms with van der Waals surface area (Å²) in [7, 11) is 1.78. The van der Waals surface area contributed by atoms with E-state index in [4.69, 9.17) is 4.74 Å². The van der Waals surface area contributed by atoms with Crippen molar-refractivity contribution in [3.05, 3.63) is 59.9 Å². The molecule has 2 aromatic carbocycles. The van der Waals surface area contributed by atoms with Gasteiger partial charge in [0.15, 0.2) is 0 Å². The lowest BCUT2D eigenvalue weighted by atomic mass is 10.1. The average molecular weight is 432 g/mol. The van der Waals surface area contributed by atoms with Crippen molar-refractivity contribution in [2.45, 2.75) is 51.7 Å². The number of aryl methyl sites for hydroxylation is 2. The van der Waals surface area contributed by atoms with Gasteiger partial charge in [-0.3, -0.25) is 0 Å². The molecule has 1 fully saturated rings. The molecule has 0 atom stereocenters. The van der Waals surface area contributed by atoms with E-state index in [0.717, 1.165) is 55.7 Å². The molecule has 5 rings (SSSR count). The van der Waals surface area contributed by atoms with Crippen molar-refractivity contribution in [3.63, 3.8) is 0 Å². The number of nitrogens with one attached hydrogen (secondary N) is 1. The third kappa shape index (κ3) is 3.97. The van der Waals surface area contributed by atoms with E-state index in [2.05, 4.69) is 57.2 Å². The van der Waals surface area contributed by atoms with Crippen LogP contribution in [0.2, 0.25) is 0 Å². The van der Waals surface area contributed by atoms with Gasteiger partial charge >= 0.3 is 0 Å². The van der Waals surface area contributed by atoms with Crippen LogP contribution in [0.25, 0.3) is 21.8 Å². The fourth-order valence-electron chi connectivity index (χ4n) is 5.17. The largest absolute Gasteiger partial charge is 0.495 e. The number of rotatable bonds is 8. The quantitative estimate of drug-likeness (QED) is 0.355. The van der Waals surface area contributed by atoms with Gasteiger partial charge in [0.05, 0.1) is 24.9 Å². The van der Waals surface area contributed by atoms with Gasteiger partial charge in [-0.05, 0) is 80.0 Å². The standard InChI is InChI=1S/C27H33N3O2/c1-32-26-11-10-25-22(27(26)30-14-4-2-5-15-30)12-16-29(25)13-6-3-7-21-18-28-24-9-8-20(19-31)17-23(21)24/h8-12,16-18,28,31H,2-7,13-15,19H2,1H3. The Balaban J connectivity index is 1.29. The van der Waals surface area contributed by atoms with Crippen LogP contribution in [0.1, 0.15) is 43.2 Å². The first-order chi connectivity index (χ1) is 15.8. The highest BCUT2D eigenvalue weighted by molar-refractivity contribution is 5.96. The first-order valence-corrected chi connectivity index (χ1v) is 11.9. The first kappa shape index (κ1) is 21.0. The molecule has 0 saturated carbocycles. The van der Waals surface area contributed by atoms with E-state index in [1.807, 2.05) is 6.07 Å². The van der Waals surface area contributed by atoms with Gasteiger partial charge in [-0.2, -0.15) is 0 Å². The monoisotopic (exact) mass is 431 g/mol. The maximum absolute atomic E-state index is 9.44. The van der Waals surface area contributed by atoms with Crippen LogP contribution in [-0.4, -0.2) is 34.9 Å². The molecule has 5 heteroatoms. The van der Waals surface area contributed by atoms with Crippen molar-refractivity contribution in [1.29, 1.82) is 0 Å². The molecular formula is C27H33N3O2. The zero-order valence-electron chi connectivity index (χ0n) is 18.9. The minimum atomic E-state index is 0.0888. The van der Waals surface area contributed by atoms with Crippen LogP contribution in [0.3, 0.4) is 0 Å². The summed E-state index contributed by atoms with van der Waals surface area (Å²) in [6, 6.07) is 12.7. The highest BCUT2D eigenvalue weighted by Gasteiger charge is 2.19. The van der Waals surface area contributed by atoms with E-state index in [9.17, 15) is 5.11 Å². The fraction of sp³-hybridized carbons (Fsp3) is 0.407. The van der Waals surface area contributed by atoms with Crippen molar-refractivity contribution in [2.24, 2.45) is 0 Å². The lowest BCUT2D eigenvalue weighted by molar-refractivity contribution is 0.282. The number of piperidine rings is 1. The maximum Gasteiger partial charge on any atom is 0.142 e. The number of hydrogen-bond donors (Lipinski definition) is 2. The number of aromatic nitrogens is 2. The molecule has 0 spiro atoms. The summed E-state index contributed by atoms with van der Waals surface area (Å²) in [5.41, 5.74) is 6.02. The Bertz CT molecular complexity index is 1200. The molecule has 0 aliphatic carbocycles. The normalized spacial score (nSPS) is 14.5. The van der Waals surface area contributed by atoms with E-state index in [-0.39, 0.29) is 6.61 Å². The van der Waals surface area contributed by atoms with Crippen LogP contribution >= 0.6 is 0 Å². The number of methoxy groups -OCH3 is 1. The number of fused-ring (bicyclic) bond motifs is 2. The number of nitrogens with zero attached hydrogens (tertiary/aromatic N) is 2. The lowest BCUT2D eigenvalue weighted by Gasteiger charge is -2.30. The second-order valence-electron chi connectivity index (χ2n) is 8.92. The molecule has 1 saturated heterocycles. The van der Waals surface area contributed by atoms with Crippen molar-refractivity contribution < 1.29 is 9.84 Å². The van der Waals surface area contributed by atoms with Gasteiger partial charge in [-0.25, -0.2) is 0 Å². The van der Waals surface area contributed by atoms with Crippen molar-refractivity contribution in [1.82, 2.24) is 9.55 Å². The second-order valence-corrected chi connectivity index (χ2v) is 8.92. The molecule has 0 amide bonds. The SMILES string of the molecule is COc1ccc2c(ccn2CCCCc2c[nH]c3ccc(CO)cc23)c1N1CCCCC1. The first-order valence-electron chi connectivity index (χ1n) is 11.9. The molecule has 2 N–H and O–H groups in total. The van der Waals surface area contributed by atoms with Crippen molar-refractivity contribution in [3.8, 4) is 5.75 Å². The zero-order chi connectivity index (χ0) is 21.9. The Kier molecular flexibility index (Phi) is 6.08. The summed E-state index contributed by atoms with van der Waals surface area (Å²) in [6.45, 7) is 3.33. The third-order valence-electron chi connectivity index (χ3n) is 6.89. The van der Waals surface area contributed by atoms with E-state index in [1.165, 1.54) is 46.8 Å². The maximum atomic E-state index is 9.44. The fourth-order valence-corrected chi connectivity index (χ4v) is 5.17. The van der Waals surface area contributed by atoms with Gasteiger partial charge in [0.25, 0.3) is 0 Å². The molecule has 1 aliphatic heterocycles. The number of aromatic amines is 1. The molecule has 2 aromatic heterocycles. The van der Waals surface area contributed by atoms with Crippen LogP contribution in [0.15, 0.2) is 48.8 Å². The van der Waals surface area contributed by atoms with Gasteiger partial charge in [0, 0.05) is 48.3 Å². The topological polar surface area (TPSA) is 53.4 Å². The van der Waals surface area contributed by atoms with Crippen LogP contribution < -0.4 is 9.64 Å². The molecule has 0 unspecified atom stereocenters. The predicted octanol–water partition coefficient (Wildman–Crippen LogP) is 5.64. The molecule has 1 aliphatic rings. The second kappa shape index (κ2) is 9.29.